The molecule has 0 heterocycles. The third-order valence-corrected chi connectivity index (χ3v) is 3.20. The number of aliphatic carboxylic acids is 1. The number of hydrogen-bond acceptors (Lipinski definition) is 2. The number of rotatable bonds is 5. The Kier molecular flexibility index (Phi) is 5.76. The quantitative estimate of drug-likeness (QED) is 0.876. The SMILES string of the molecule is Cc1cc(C)cc(N(C)C(=O)N[C@H](CC(C)C)C(=O)O)c1. The average molecular weight is 292 g/mol. The molecule has 116 valence electrons. The van der Waals surface area contributed by atoms with Crippen molar-refractivity contribution in [1.29, 1.82) is 0 Å². The van der Waals surface area contributed by atoms with Crippen LogP contribution in [0.1, 0.15) is 31.4 Å². The van der Waals surface area contributed by atoms with Crippen LogP contribution in [0, 0.1) is 19.8 Å². The van der Waals surface area contributed by atoms with Gasteiger partial charge >= 0.3 is 12.0 Å². The maximum atomic E-state index is 12.2. The Bertz CT molecular complexity index is 506. The molecule has 1 atom stereocenters. The Morgan fingerprint density at radius 1 is 1.19 bits per heavy atom. The summed E-state index contributed by atoms with van der Waals surface area (Å²) < 4.78 is 0. The van der Waals surface area contributed by atoms with Gasteiger partial charge in [-0.3, -0.25) is 4.90 Å². The molecular weight excluding hydrogens is 268 g/mol. The summed E-state index contributed by atoms with van der Waals surface area (Å²) in [5, 5.41) is 11.8. The maximum absolute atomic E-state index is 12.2. The highest BCUT2D eigenvalue weighted by Gasteiger charge is 2.23. The van der Waals surface area contributed by atoms with E-state index in [1.165, 1.54) is 4.90 Å². The predicted octanol–water partition coefficient (Wildman–Crippen LogP) is 2.95. The Hall–Kier alpha value is -2.04. The molecule has 2 amide bonds. The van der Waals surface area contributed by atoms with Gasteiger partial charge in [0.2, 0.25) is 0 Å². The maximum Gasteiger partial charge on any atom is 0.326 e. The van der Waals surface area contributed by atoms with Crippen LogP contribution in [0.5, 0.6) is 0 Å². The molecule has 0 unspecified atom stereocenters. The van der Waals surface area contributed by atoms with Crippen molar-refractivity contribution in [2.45, 2.75) is 40.2 Å². The molecule has 2 N–H and O–H groups in total. The van der Waals surface area contributed by atoms with E-state index >= 15 is 0 Å². The number of carbonyl (C=O) groups excluding carboxylic acids is 1. The zero-order valence-electron chi connectivity index (χ0n) is 13.3. The van der Waals surface area contributed by atoms with Gasteiger partial charge in [0, 0.05) is 12.7 Å². The number of nitrogens with one attached hydrogen (secondary N) is 1. The average Bonchev–Trinajstić information content (AvgIpc) is 2.35. The highest BCUT2D eigenvalue weighted by Crippen LogP contribution is 2.18. The van der Waals surface area contributed by atoms with Gasteiger partial charge in [-0.15, -0.1) is 0 Å². The molecule has 0 aliphatic rings. The first-order valence-electron chi connectivity index (χ1n) is 7.06. The molecule has 1 aromatic carbocycles. The number of aryl methyl sites for hydroxylation is 2. The highest BCUT2D eigenvalue weighted by atomic mass is 16.4. The summed E-state index contributed by atoms with van der Waals surface area (Å²) >= 11 is 0. The molecule has 0 saturated heterocycles. The van der Waals surface area contributed by atoms with Gasteiger partial charge in [-0.05, 0) is 49.4 Å². The second-order valence-corrected chi connectivity index (χ2v) is 5.87. The largest absolute Gasteiger partial charge is 0.480 e. The van der Waals surface area contributed by atoms with Gasteiger partial charge in [0.15, 0.2) is 0 Å². The van der Waals surface area contributed by atoms with E-state index in [1.54, 1.807) is 7.05 Å². The minimum Gasteiger partial charge on any atom is -0.480 e. The molecule has 0 aromatic heterocycles. The summed E-state index contributed by atoms with van der Waals surface area (Å²) in [5.74, 6) is -0.816. The normalized spacial score (nSPS) is 12.1. The van der Waals surface area contributed by atoms with Gasteiger partial charge in [-0.2, -0.15) is 0 Å². The second kappa shape index (κ2) is 7.11. The fourth-order valence-corrected chi connectivity index (χ4v) is 2.20. The van der Waals surface area contributed by atoms with Crippen molar-refractivity contribution in [3.05, 3.63) is 29.3 Å². The molecular formula is C16H24N2O3. The van der Waals surface area contributed by atoms with Gasteiger partial charge in [0.1, 0.15) is 6.04 Å². The van der Waals surface area contributed by atoms with Crippen molar-refractivity contribution in [2.24, 2.45) is 5.92 Å². The van der Waals surface area contributed by atoms with Crippen LogP contribution in [0.4, 0.5) is 10.5 Å². The van der Waals surface area contributed by atoms with E-state index in [4.69, 9.17) is 0 Å². The van der Waals surface area contributed by atoms with Gasteiger partial charge in [-0.25, -0.2) is 9.59 Å². The number of anilines is 1. The molecule has 5 nitrogen and oxygen atoms in total. The van der Waals surface area contributed by atoms with E-state index in [2.05, 4.69) is 5.32 Å². The number of hydrogen-bond donors (Lipinski definition) is 2. The lowest BCUT2D eigenvalue weighted by Crippen LogP contribution is -2.47. The predicted molar refractivity (Wildman–Crippen MR) is 83.7 cm³/mol. The fraction of sp³-hybridized carbons (Fsp3) is 0.500. The van der Waals surface area contributed by atoms with E-state index in [0.29, 0.717) is 6.42 Å². The Morgan fingerprint density at radius 2 is 1.71 bits per heavy atom. The number of carboxylic acids is 1. The number of carboxylic acid groups (broad SMARTS) is 1. The first-order chi connectivity index (χ1) is 9.70. The molecule has 0 saturated carbocycles. The first-order valence-corrected chi connectivity index (χ1v) is 7.06. The molecule has 0 spiro atoms. The van der Waals surface area contributed by atoms with Crippen LogP contribution in [0.2, 0.25) is 0 Å². The third kappa shape index (κ3) is 5.10. The van der Waals surface area contributed by atoms with E-state index in [9.17, 15) is 14.7 Å². The molecule has 21 heavy (non-hydrogen) atoms. The van der Waals surface area contributed by atoms with Crippen LogP contribution in [0.3, 0.4) is 0 Å². The molecule has 0 aliphatic carbocycles. The summed E-state index contributed by atoms with van der Waals surface area (Å²) in [6.45, 7) is 7.77. The monoisotopic (exact) mass is 292 g/mol. The number of benzene rings is 1. The lowest BCUT2D eigenvalue weighted by molar-refractivity contribution is -0.139. The van der Waals surface area contributed by atoms with Crippen molar-refractivity contribution < 1.29 is 14.7 Å². The van der Waals surface area contributed by atoms with Crippen LogP contribution in [0.15, 0.2) is 18.2 Å². The van der Waals surface area contributed by atoms with E-state index in [0.717, 1.165) is 16.8 Å². The van der Waals surface area contributed by atoms with Gasteiger partial charge in [0.05, 0.1) is 0 Å². The lowest BCUT2D eigenvalue weighted by Gasteiger charge is -2.23. The Balaban J connectivity index is 2.83. The number of nitrogens with zero attached hydrogens (tertiary/aromatic N) is 1. The lowest BCUT2D eigenvalue weighted by atomic mass is 10.0. The molecule has 1 rings (SSSR count). The van der Waals surface area contributed by atoms with E-state index in [-0.39, 0.29) is 5.92 Å². The number of amides is 2. The van der Waals surface area contributed by atoms with Gasteiger partial charge in [0.25, 0.3) is 0 Å². The van der Waals surface area contributed by atoms with Crippen LogP contribution >= 0.6 is 0 Å². The highest BCUT2D eigenvalue weighted by molar-refractivity contribution is 5.94. The summed E-state index contributed by atoms with van der Waals surface area (Å²) in [6, 6.07) is 4.53. The van der Waals surface area contributed by atoms with Crippen molar-refractivity contribution >= 4 is 17.7 Å². The fourth-order valence-electron chi connectivity index (χ4n) is 2.20. The van der Waals surface area contributed by atoms with Crippen molar-refractivity contribution in [2.75, 3.05) is 11.9 Å². The number of urea groups is 1. The minimum absolute atomic E-state index is 0.193. The Morgan fingerprint density at radius 3 is 2.14 bits per heavy atom. The third-order valence-electron chi connectivity index (χ3n) is 3.20. The van der Waals surface area contributed by atoms with Gasteiger partial charge in [-0.1, -0.05) is 19.9 Å². The second-order valence-electron chi connectivity index (χ2n) is 5.87. The zero-order chi connectivity index (χ0) is 16.2. The molecule has 5 heteroatoms. The Labute approximate surface area is 126 Å². The molecule has 1 aromatic rings. The van der Waals surface area contributed by atoms with E-state index in [1.807, 2.05) is 45.9 Å². The van der Waals surface area contributed by atoms with Crippen molar-refractivity contribution in [3.63, 3.8) is 0 Å². The van der Waals surface area contributed by atoms with Crippen LogP contribution in [-0.4, -0.2) is 30.2 Å². The minimum atomic E-state index is -1.01. The molecule has 0 bridgehead atoms. The smallest absolute Gasteiger partial charge is 0.326 e. The first kappa shape index (κ1) is 17.0. The summed E-state index contributed by atoms with van der Waals surface area (Å²) in [4.78, 5) is 24.9. The van der Waals surface area contributed by atoms with Crippen LogP contribution < -0.4 is 10.2 Å². The van der Waals surface area contributed by atoms with Crippen LogP contribution in [-0.2, 0) is 4.79 Å². The van der Waals surface area contributed by atoms with Crippen LogP contribution in [0.25, 0.3) is 0 Å². The standard InChI is InChI=1S/C16H24N2O3/c1-10(2)6-14(15(19)20)17-16(21)18(5)13-8-11(3)7-12(4)9-13/h7-10,14H,6H2,1-5H3,(H,17,21)(H,19,20)/t14-/m1/s1. The van der Waals surface area contributed by atoms with Gasteiger partial charge < -0.3 is 10.4 Å². The zero-order valence-corrected chi connectivity index (χ0v) is 13.3. The van der Waals surface area contributed by atoms with E-state index < -0.39 is 18.0 Å². The topological polar surface area (TPSA) is 69.6 Å². The summed E-state index contributed by atoms with van der Waals surface area (Å²) in [7, 11) is 1.64. The molecule has 0 aliphatic heterocycles. The van der Waals surface area contributed by atoms with Crippen molar-refractivity contribution in [1.82, 2.24) is 5.32 Å². The number of carbonyl (C=O) groups is 2. The molecule has 0 fully saturated rings. The van der Waals surface area contributed by atoms with Crippen molar-refractivity contribution in [3.8, 4) is 0 Å². The summed E-state index contributed by atoms with van der Waals surface area (Å²) in [6.07, 6.45) is 0.405. The summed E-state index contributed by atoms with van der Waals surface area (Å²) in [5.41, 5.74) is 2.86. The molecule has 0 radical (unpaired) electrons.